The van der Waals surface area contributed by atoms with Crippen LogP contribution in [0.1, 0.15) is 11.1 Å². The second-order valence-corrected chi connectivity index (χ2v) is 9.14. The minimum Gasteiger partial charge on any atom is -0.496 e. The Bertz CT molecular complexity index is 817. The molecule has 8 nitrogen and oxygen atoms in total. The fraction of sp³-hybridized carbons (Fsp3) is 0.545. The third kappa shape index (κ3) is 6.96. The van der Waals surface area contributed by atoms with E-state index in [0.717, 1.165) is 68.4 Å². The van der Waals surface area contributed by atoms with E-state index in [2.05, 4.69) is 38.8 Å². The first-order valence-electron chi connectivity index (χ1n) is 10.7. The Morgan fingerprint density at radius 3 is 2.23 bits per heavy atom. The van der Waals surface area contributed by atoms with Gasteiger partial charge < -0.3 is 21.1 Å². The summed E-state index contributed by atoms with van der Waals surface area (Å²) in [6.45, 7) is 7.75. The summed E-state index contributed by atoms with van der Waals surface area (Å²) in [6, 6.07) is 7.84. The number of nitrogens with zero attached hydrogens (tertiary/aromatic N) is 5. The van der Waals surface area contributed by atoms with Crippen LogP contribution in [0.25, 0.3) is 0 Å². The highest BCUT2D eigenvalue weighted by molar-refractivity contribution is 7.99. The molecule has 0 spiro atoms. The van der Waals surface area contributed by atoms with Gasteiger partial charge in [0, 0.05) is 63.6 Å². The lowest BCUT2D eigenvalue weighted by atomic mass is 10.1. The number of rotatable bonds is 10. The summed E-state index contributed by atoms with van der Waals surface area (Å²) in [7, 11) is 5.91. The zero-order valence-electron chi connectivity index (χ0n) is 18.9. The number of benzene rings is 1. The van der Waals surface area contributed by atoms with Gasteiger partial charge in [-0.3, -0.25) is 9.80 Å². The van der Waals surface area contributed by atoms with Crippen molar-refractivity contribution in [2.45, 2.75) is 11.6 Å². The monoisotopic (exact) mass is 445 g/mol. The number of aromatic nitrogens is 2. The molecule has 170 valence electrons. The van der Waals surface area contributed by atoms with E-state index in [1.165, 1.54) is 0 Å². The number of hydrogen-bond donors (Lipinski definition) is 2. The van der Waals surface area contributed by atoms with E-state index in [1.807, 2.05) is 24.3 Å². The number of ether oxygens (including phenoxy) is 1. The van der Waals surface area contributed by atoms with E-state index >= 15 is 0 Å². The van der Waals surface area contributed by atoms with Crippen molar-refractivity contribution >= 4 is 23.4 Å². The zero-order chi connectivity index (χ0) is 22.2. The van der Waals surface area contributed by atoms with E-state index in [-0.39, 0.29) is 0 Å². The maximum Gasteiger partial charge on any atom is 0.191 e. The molecule has 9 heteroatoms. The Hall–Kier alpha value is -2.07. The van der Waals surface area contributed by atoms with Crippen molar-refractivity contribution in [3.63, 3.8) is 0 Å². The van der Waals surface area contributed by atoms with Gasteiger partial charge in [0.1, 0.15) is 17.4 Å². The van der Waals surface area contributed by atoms with Gasteiger partial charge in [0.2, 0.25) is 0 Å². The van der Waals surface area contributed by atoms with E-state index < -0.39 is 0 Å². The Morgan fingerprint density at radius 2 is 1.61 bits per heavy atom. The summed E-state index contributed by atoms with van der Waals surface area (Å²) >= 11 is 1.61. The lowest BCUT2D eigenvalue weighted by molar-refractivity contribution is 0.130. The van der Waals surface area contributed by atoms with Crippen LogP contribution < -0.4 is 16.2 Å². The van der Waals surface area contributed by atoms with E-state index in [9.17, 15) is 0 Å². The van der Waals surface area contributed by atoms with Gasteiger partial charge in [-0.05, 0) is 25.7 Å². The average Bonchev–Trinajstić information content (AvgIpc) is 2.76. The fourth-order valence-corrected chi connectivity index (χ4v) is 4.48. The molecule has 1 aliphatic rings. The molecule has 0 unspecified atom stereocenters. The highest BCUT2D eigenvalue weighted by Crippen LogP contribution is 2.27. The molecule has 2 aromatic rings. The Kier molecular flexibility index (Phi) is 8.77. The normalized spacial score (nSPS) is 15.5. The van der Waals surface area contributed by atoms with Crippen LogP contribution in [-0.2, 0) is 6.42 Å². The average molecular weight is 446 g/mol. The number of nitrogens with two attached hydrogens (primary N) is 2. The molecule has 3 rings (SSSR count). The van der Waals surface area contributed by atoms with Gasteiger partial charge in [-0.15, -0.1) is 0 Å². The molecule has 1 aliphatic heterocycles. The van der Waals surface area contributed by atoms with Gasteiger partial charge in [0.15, 0.2) is 5.16 Å². The van der Waals surface area contributed by atoms with Crippen LogP contribution in [0.15, 0.2) is 29.4 Å². The standard InChI is InChI=1S/C22H35N7OS/c1-27(2)8-9-28-10-12-29(13-11-28)14-15-31-22-25-20(23)18(21(24)26-22)16-17-6-4-5-7-19(17)30-3/h4-7H,8-16H2,1-3H3,(H4,23,24,25,26). The van der Waals surface area contributed by atoms with Gasteiger partial charge in [-0.25, -0.2) is 9.97 Å². The first-order chi connectivity index (χ1) is 15.0. The first-order valence-corrected chi connectivity index (χ1v) is 11.7. The number of thioether (sulfide) groups is 1. The molecule has 1 aromatic heterocycles. The van der Waals surface area contributed by atoms with Crippen molar-refractivity contribution < 1.29 is 4.74 Å². The second kappa shape index (κ2) is 11.5. The molecule has 0 aliphatic carbocycles. The third-order valence-electron chi connectivity index (χ3n) is 5.58. The number of nitrogen functional groups attached to an aromatic ring is 2. The van der Waals surface area contributed by atoms with Crippen molar-refractivity contribution in [3.8, 4) is 5.75 Å². The maximum absolute atomic E-state index is 6.24. The molecular formula is C22H35N7OS. The quantitative estimate of drug-likeness (QED) is 0.417. The molecule has 0 amide bonds. The predicted molar refractivity (Wildman–Crippen MR) is 129 cm³/mol. The van der Waals surface area contributed by atoms with E-state index in [4.69, 9.17) is 16.2 Å². The lowest BCUT2D eigenvalue weighted by Crippen LogP contribution is -2.48. The Morgan fingerprint density at radius 1 is 1.00 bits per heavy atom. The highest BCUT2D eigenvalue weighted by Gasteiger charge is 2.17. The van der Waals surface area contributed by atoms with Crippen LogP contribution in [0.5, 0.6) is 5.75 Å². The molecule has 0 bridgehead atoms. The predicted octanol–water partition coefficient (Wildman–Crippen LogP) is 1.51. The van der Waals surface area contributed by atoms with Gasteiger partial charge in [0.05, 0.1) is 7.11 Å². The van der Waals surface area contributed by atoms with Crippen LogP contribution in [0, 0.1) is 0 Å². The van der Waals surface area contributed by atoms with Gasteiger partial charge >= 0.3 is 0 Å². The maximum atomic E-state index is 6.24. The molecule has 4 N–H and O–H groups in total. The summed E-state index contributed by atoms with van der Waals surface area (Å²) in [6.07, 6.45) is 0.546. The highest BCUT2D eigenvalue weighted by atomic mass is 32.2. The van der Waals surface area contributed by atoms with Crippen LogP contribution in [0.2, 0.25) is 0 Å². The SMILES string of the molecule is COc1ccccc1Cc1c(N)nc(SCCN2CCN(CCN(C)C)CC2)nc1N. The van der Waals surface area contributed by atoms with E-state index in [1.54, 1.807) is 18.9 Å². The number of para-hydroxylation sites is 1. The molecule has 1 aromatic carbocycles. The summed E-state index contributed by atoms with van der Waals surface area (Å²) in [5.74, 6) is 2.61. The van der Waals surface area contributed by atoms with Gasteiger partial charge in [-0.1, -0.05) is 30.0 Å². The van der Waals surface area contributed by atoms with Crippen molar-refractivity contribution in [1.29, 1.82) is 0 Å². The first kappa shape index (κ1) is 23.6. The minimum absolute atomic E-state index is 0.440. The number of anilines is 2. The topological polar surface area (TPSA) is 96.8 Å². The van der Waals surface area contributed by atoms with Crippen LogP contribution in [-0.4, -0.2) is 97.4 Å². The minimum atomic E-state index is 0.440. The molecule has 0 radical (unpaired) electrons. The lowest BCUT2D eigenvalue weighted by Gasteiger charge is -2.35. The second-order valence-electron chi connectivity index (χ2n) is 8.08. The van der Waals surface area contributed by atoms with Crippen molar-refractivity contribution in [1.82, 2.24) is 24.7 Å². The summed E-state index contributed by atoms with van der Waals surface area (Å²) in [4.78, 5) is 16.3. The molecule has 1 fully saturated rings. The van der Waals surface area contributed by atoms with Crippen LogP contribution in [0.4, 0.5) is 11.6 Å². The number of hydrogen-bond acceptors (Lipinski definition) is 9. The molecule has 31 heavy (non-hydrogen) atoms. The summed E-state index contributed by atoms with van der Waals surface area (Å²) < 4.78 is 5.43. The van der Waals surface area contributed by atoms with Crippen molar-refractivity contribution in [2.24, 2.45) is 0 Å². The smallest absolute Gasteiger partial charge is 0.191 e. The molecule has 1 saturated heterocycles. The van der Waals surface area contributed by atoms with Crippen LogP contribution >= 0.6 is 11.8 Å². The Labute approximate surface area is 189 Å². The molecule has 0 saturated carbocycles. The number of likely N-dealkylation sites (N-methyl/N-ethyl adjacent to an activating group) is 1. The van der Waals surface area contributed by atoms with Gasteiger partial charge in [-0.2, -0.15) is 0 Å². The van der Waals surface area contributed by atoms with Crippen LogP contribution in [0.3, 0.4) is 0 Å². The van der Waals surface area contributed by atoms with Gasteiger partial charge in [0.25, 0.3) is 0 Å². The molecule has 2 heterocycles. The largest absolute Gasteiger partial charge is 0.496 e. The number of methoxy groups -OCH3 is 1. The summed E-state index contributed by atoms with van der Waals surface area (Å²) in [5.41, 5.74) is 14.2. The van der Waals surface area contributed by atoms with E-state index in [0.29, 0.717) is 23.2 Å². The number of piperazine rings is 1. The molecule has 0 atom stereocenters. The Balaban J connectivity index is 1.49. The fourth-order valence-electron chi connectivity index (χ4n) is 3.63. The third-order valence-corrected chi connectivity index (χ3v) is 6.40. The zero-order valence-corrected chi connectivity index (χ0v) is 19.7. The van der Waals surface area contributed by atoms with Crippen molar-refractivity contribution in [3.05, 3.63) is 35.4 Å². The summed E-state index contributed by atoms with van der Waals surface area (Å²) in [5, 5.41) is 0.642. The van der Waals surface area contributed by atoms with Crippen molar-refractivity contribution in [2.75, 3.05) is 84.2 Å². The molecular weight excluding hydrogens is 410 g/mol.